The SMILES string of the molecule is CCCCCn1c(=O)n(CCCCc2noc(-c3nn[nH]n3)n2)c(=O)c2[nH]c(Cl)nc21. The van der Waals surface area contributed by atoms with Crippen LogP contribution in [0.2, 0.25) is 5.28 Å². The van der Waals surface area contributed by atoms with Gasteiger partial charge in [-0.05, 0) is 36.1 Å². The van der Waals surface area contributed by atoms with E-state index in [2.05, 4.69) is 47.7 Å². The summed E-state index contributed by atoms with van der Waals surface area (Å²) in [5.41, 5.74) is -0.266. The topological polar surface area (TPSA) is 166 Å². The number of aromatic amines is 2. The van der Waals surface area contributed by atoms with Gasteiger partial charge in [0.25, 0.3) is 17.3 Å². The Morgan fingerprint density at radius 2 is 1.87 bits per heavy atom. The summed E-state index contributed by atoms with van der Waals surface area (Å²) in [4.78, 5) is 36.9. The van der Waals surface area contributed by atoms with Crippen molar-refractivity contribution in [3.8, 4) is 11.7 Å². The number of hydrogen-bond acceptors (Lipinski definition) is 9. The van der Waals surface area contributed by atoms with Crippen LogP contribution < -0.4 is 11.2 Å². The first kappa shape index (κ1) is 20.9. The summed E-state index contributed by atoms with van der Waals surface area (Å²) >= 11 is 5.96. The molecular formula is C17H21ClN10O3. The Balaban J connectivity index is 1.46. The van der Waals surface area contributed by atoms with Gasteiger partial charge in [-0.15, -0.1) is 10.2 Å². The van der Waals surface area contributed by atoms with Gasteiger partial charge in [-0.1, -0.05) is 24.9 Å². The Kier molecular flexibility index (Phi) is 6.21. The number of rotatable bonds is 10. The summed E-state index contributed by atoms with van der Waals surface area (Å²) < 4.78 is 7.84. The van der Waals surface area contributed by atoms with Crippen LogP contribution in [0, 0.1) is 0 Å². The van der Waals surface area contributed by atoms with Gasteiger partial charge in [-0.3, -0.25) is 13.9 Å². The van der Waals surface area contributed by atoms with Gasteiger partial charge in [-0.2, -0.15) is 15.2 Å². The molecule has 2 N–H and O–H groups in total. The average molecular weight is 449 g/mol. The van der Waals surface area contributed by atoms with Crippen LogP contribution in [0.5, 0.6) is 0 Å². The Labute approximate surface area is 179 Å². The van der Waals surface area contributed by atoms with E-state index in [1.165, 1.54) is 9.13 Å². The van der Waals surface area contributed by atoms with Crippen LogP contribution >= 0.6 is 11.6 Å². The van der Waals surface area contributed by atoms with E-state index in [4.69, 9.17) is 16.1 Å². The second-order valence-corrected chi connectivity index (χ2v) is 7.39. The lowest BCUT2D eigenvalue weighted by Crippen LogP contribution is -2.40. The number of hydrogen-bond donors (Lipinski definition) is 2. The second kappa shape index (κ2) is 9.20. The number of nitrogens with one attached hydrogen (secondary N) is 2. The molecule has 0 radical (unpaired) electrons. The molecule has 4 rings (SSSR count). The molecule has 0 atom stereocenters. The monoisotopic (exact) mass is 448 g/mol. The molecular weight excluding hydrogens is 428 g/mol. The van der Waals surface area contributed by atoms with Crippen LogP contribution in [-0.2, 0) is 19.5 Å². The highest BCUT2D eigenvalue weighted by Gasteiger charge is 2.17. The molecule has 13 nitrogen and oxygen atoms in total. The van der Waals surface area contributed by atoms with Gasteiger partial charge < -0.3 is 9.51 Å². The first-order valence-electron chi connectivity index (χ1n) is 10.0. The van der Waals surface area contributed by atoms with Crippen LogP contribution in [0.1, 0.15) is 44.9 Å². The quantitative estimate of drug-likeness (QED) is 0.268. The van der Waals surface area contributed by atoms with Crippen LogP contribution in [-0.4, -0.2) is 49.9 Å². The van der Waals surface area contributed by atoms with E-state index in [1.54, 1.807) is 0 Å². The lowest BCUT2D eigenvalue weighted by Gasteiger charge is -2.11. The fourth-order valence-electron chi connectivity index (χ4n) is 3.31. The molecule has 4 aromatic rings. The molecule has 0 amide bonds. The minimum atomic E-state index is -0.426. The van der Waals surface area contributed by atoms with Crippen molar-refractivity contribution in [3.05, 3.63) is 31.9 Å². The van der Waals surface area contributed by atoms with Gasteiger partial charge in [-0.25, -0.2) is 4.79 Å². The van der Waals surface area contributed by atoms with Crippen molar-refractivity contribution in [2.75, 3.05) is 0 Å². The summed E-state index contributed by atoms with van der Waals surface area (Å²) in [6.07, 6.45) is 4.54. The predicted octanol–water partition coefficient (Wildman–Crippen LogP) is 1.32. The van der Waals surface area contributed by atoms with Crippen molar-refractivity contribution in [1.82, 2.24) is 49.9 Å². The van der Waals surface area contributed by atoms with E-state index in [0.717, 1.165) is 19.3 Å². The van der Waals surface area contributed by atoms with Crippen LogP contribution in [0.25, 0.3) is 22.9 Å². The maximum atomic E-state index is 13.0. The van der Waals surface area contributed by atoms with E-state index < -0.39 is 5.56 Å². The molecule has 164 valence electrons. The Morgan fingerprint density at radius 1 is 1.06 bits per heavy atom. The van der Waals surface area contributed by atoms with Crippen molar-refractivity contribution in [2.24, 2.45) is 0 Å². The molecule has 4 aromatic heterocycles. The van der Waals surface area contributed by atoms with Crippen molar-refractivity contribution in [2.45, 2.75) is 58.5 Å². The van der Waals surface area contributed by atoms with E-state index in [-0.39, 0.29) is 34.7 Å². The maximum absolute atomic E-state index is 13.0. The molecule has 0 aliphatic rings. The zero-order valence-electron chi connectivity index (χ0n) is 16.8. The third-order valence-electron chi connectivity index (χ3n) is 4.85. The maximum Gasteiger partial charge on any atom is 0.332 e. The summed E-state index contributed by atoms with van der Waals surface area (Å²) in [5.74, 6) is 0.886. The van der Waals surface area contributed by atoms with Crippen LogP contribution in [0.3, 0.4) is 0 Å². The Hall–Kier alpha value is -3.35. The molecule has 0 aromatic carbocycles. The van der Waals surface area contributed by atoms with E-state index >= 15 is 0 Å². The number of imidazole rings is 1. The second-order valence-electron chi connectivity index (χ2n) is 7.03. The van der Waals surface area contributed by atoms with Crippen molar-refractivity contribution < 1.29 is 4.52 Å². The molecule has 14 heteroatoms. The number of nitrogens with zero attached hydrogens (tertiary/aromatic N) is 8. The van der Waals surface area contributed by atoms with Crippen molar-refractivity contribution >= 4 is 22.8 Å². The highest BCUT2D eigenvalue weighted by Crippen LogP contribution is 2.12. The molecule has 0 spiro atoms. The van der Waals surface area contributed by atoms with Crippen molar-refractivity contribution in [1.29, 1.82) is 0 Å². The largest absolute Gasteiger partial charge is 0.332 e. The van der Waals surface area contributed by atoms with Gasteiger partial charge in [0.1, 0.15) is 0 Å². The first-order valence-corrected chi connectivity index (χ1v) is 10.4. The third-order valence-corrected chi connectivity index (χ3v) is 5.03. The molecule has 0 aliphatic heterocycles. The normalized spacial score (nSPS) is 11.5. The number of halogens is 1. The number of aryl methyl sites for hydroxylation is 2. The summed E-state index contributed by atoms with van der Waals surface area (Å²) in [5, 5.41) is 17.3. The zero-order valence-corrected chi connectivity index (χ0v) is 17.6. The van der Waals surface area contributed by atoms with Gasteiger partial charge in [0.05, 0.1) is 0 Å². The number of fused-ring (bicyclic) bond motifs is 1. The minimum absolute atomic E-state index is 0.0861. The highest BCUT2D eigenvalue weighted by molar-refractivity contribution is 6.28. The third kappa shape index (κ3) is 4.40. The molecule has 0 saturated carbocycles. The highest BCUT2D eigenvalue weighted by atomic mass is 35.5. The van der Waals surface area contributed by atoms with Crippen molar-refractivity contribution in [3.63, 3.8) is 0 Å². The Bertz CT molecular complexity index is 1270. The number of unbranched alkanes of at least 4 members (excludes halogenated alkanes) is 3. The van der Waals surface area contributed by atoms with E-state index in [9.17, 15) is 9.59 Å². The Morgan fingerprint density at radius 3 is 2.65 bits per heavy atom. The van der Waals surface area contributed by atoms with E-state index in [1.807, 2.05) is 0 Å². The first-order chi connectivity index (χ1) is 15.1. The molecule has 4 heterocycles. The fraction of sp³-hybridized carbons (Fsp3) is 0.529. The number of aromatic nitrogens is 10. The van der Waals surface area contributed by atoms with Gasteiger partial charge in [0, 0.05) is 19.5 Å². The zero-order chi connectivity index (χ0) is 21.8. The van der Waals surface area contributed by atoms with Crippen LogP contribution in [0.15, 0.2) is 14.1 Å². The van der Waals surface area contributed by atoms with Gasteiger partial charge in [0.2, 0.25) is 5.28 Å². The molecule has 0 fully saturated rings. The van der Waals surface area contributed by atoms with E-state index in [0.29, 0.717) is 37.3 Å². The lowest BCUT2D eigenvalue weighted by molar-refractivity contribution is 0.418. The smallest absolute Gasteiger partial charge is 0.330 e. The standard InChI is InChI=1S/C17H21ClN10O3/c1-2-3-5-8-27-13-11(20-16(18)21-13)15(29)28(17(27)30)9-6-4-7-10-19-14(31-24-10)12-22-25-26-23-12/h2-9H2,1H3,(H,20,21)(H,22,23,25,26). The molecule has 0 aliphatic carbocycles. The number of H-pyrrole nitrogens is 2. The average Bonchev–Trinajstić information content (AvgIpc) is 3.50. The predicted molar refractivity (Wildman–Crippen MR) is 110 cm³/mol. The summed E-state index contributed by atoms with van der Waals surface area (Å²) in [6.45, 7) is 2.82. The van der Waals surface area contributed by atoms with Gasteiger partial charge >= 0.3 is 5.69 Å². The summed E-state index contributed by atoms with van der Waals surface area (Å²) in [6, 6.07) is 0. The molecule has 31 heavy (non-hydrogen) atoms. The van der Waals surface area contributed by atoms with Crippen LogP contribution in [0.4, 0.5) is 0 Å². The molecule has 0 bridgehead atoms. The summed E-state index contributed by atoms with van der Waals surface area (Å²) in [7, 11) is 0. The molecule has 0 unspecified atom stereocenters. The molecule has 0 saturated heterocycles. The lowest BCUT2D eigenvalue weighted by atomic mass is 10.2. The number of tetrazole rings is 1. The van der Waals surface area contributed by atoms with Gasteiger partial charge in [0.15, 0.2) is 17.0 Å². The fourth-order valence-corrected chi connectivity index (χ4v) is 3.48. The minimum Gasteiger partial charge on any atom is -0.330 e.